The molecule has 0 aliphatic carbocycles. The smallest absolute Gasteiger partial charge is 0.335 e. The summed E-state index contributed by atoms with van der Waals surface area (Å²) in [5, 5.41) is 14.4. The van der Waals surface area contributed by atoms with Gasteiger partial charge >= 0.3 is 12.0 Å². The number of pyridine rings is 1. The highest BCUT2D eigenvalue weighted by molar-refractivity contribution is 5.88. The number of carboxylic acid groups (broad SMARTS) is 1. The van der Waals surface area contributed by atoms with Crippen molar-refractivity contribution in [1.82, 2.24) is 10.3 Å². The van der Waals surface area contributed by atoms with Crippen LogP contribution in [0.1, 0.15) is 35.8 Å². The van der Waals surface area contributed by atoms with Gasteiger partial charge in [-0.05, 0) is 18.1 Å². The zero-order chi connectivity index (χ0) is 14.4. The molecular formula is C12H18N4O3. The van der Waals surface area contributed by atoms with Crippen LogP contribution in [0.3, 0.4) is 0 Å². The molecule has 0 spiro atoms. The average Bonchev–Trinajstić information content (AvgIpc) is 2.34. The van der Waals surface area contributed by atoms with Gasteiger partial charge in [-0.3, -0.25) is 0 Å². The number of carbonyl (C=O) groups excluding carboxylic acids is 1. The highest BCUT2D eigenvalue weighted by atomic mass is 16.4. The number of amides is 2. The molecule has 1 aromatic heterocycles. The molecule has 1 rings (SSSR count). The first-order chi connectivity index (χ1) is 8.90. The second-order valence-corrected chi connectivity index (χ2v) is 4.34. The van der Waals surface area contributed by atoms with Gasteiger partial charge in [-0.15, -0.1) is 0 Å². The van der Waals surface area contributed by atoms with Gasteiger partial charge in [0.05, 0.1) is 5.56 Å². The van der Waals surface area contributed by atoms with Crippen molar-refractivity contribution in [2.24, 2.45) is 5.73 Å². The fourth-order valence-corrected chi connectivity index (χ4v) is 1.44. The summed E-state index contributed by atoms with van der Waals surface area (Å²) in [6.45, 7) is 4.63. The minimum atomic E-state index is -0.998. The molecule has 104 valence electrons. The van der Waals surface area contributed by atoms with E-state index >= 15 is 0 Å². The first kappa shape index (κ1) is 14.7. The molecule has 0 aliphatic rings. The van der Waals surface area contributed by atoms with E-state index in [1.165, 1.54) is 6.07 Å². The number of urea groups is 1. The van der Waals surface area contributed by atoms with Crippen molar-refractivity contribution in [2.75, 3.05) is 18.4 Å². The summed E-state index contributed by atoms with van der Waals surface area (Å²) in [7, 11) is 0. The van der Waals surface area contributed by atoms with E-state index in [1.54, 1.807) is 6.07 Å². The quantitative estimate of drug-likeness (QED) is 0.572. The Morgan fingerprint density at radius 1 is 1.37 bits per heavy atom. The minimum Gasteiger partial charge on any atom is -0.478 e. The lowest BCUT2D eigenvalue weighted by atomic mass is 10.1. The number of nitrogens with one attached hydrogen (secondary N) is 2. The van der Waals surface area contributed by atoms with Gasteiger partial charge in [0, 0.05) is 18.8 Å². The maximum Gasteiger partial charge on any atom is 0.335 e. The maximum absolute atomic E-state index is 11.0. The van der Waals surface area contributed by atoms with Crippen LogP contribution in [0.25, 0.3) is 0 Å². The second-order valence-electron chi connectivity index (χ2n) is 4.34. The van der Waals surface area contributed by atoms with Crippen molar-refractivity contribution >= 4 is 17.8 Å². The summed E-state index contributed by atoms with van der Waals surface area (Å²) < 4.78 is 0. The maximum atomic E-state index is 11.0. The summed E-state index contributed by atoms with van der Waals surface area (Å²) in [5.41, 5.74) is 5.81. The van der Waals surface area contributed by atoms with Crippen LogP contribution in [-0.2, 0) is 0 Å². The molecule has 0 fully saturated rings. The van der Waals surface area contributed by atoms with Crippen LogP contribution in [0.4, 0.5) is 10.6 Å². The van der Waals surface area contributed by atoms with Crippen molar-refractivity contribution in [3.63, 3.8) is 0 Å². The van der Waals surface area contributed by atoms with E-state index in [0.717, 1.165) is 0 Å². The number of hydrogen-bond acceptors (Lipinski definition) is 4. The van der Waals surface area contributed by atoms with E-state index in [1.807, 2.05) is 13.8 Å². The molecule has 0 atom stereocenters. The van der Waals surface area contributed by atoms with E-state index in [4.69, 9.17) is 10.8 Å². The molecule has 19 heavy (non-hydrogen) atoms. The molecule has 0 unspecified atom stereocenters. The lowest BCUT2D eigenvalue weighted by Gasteiger charge is -2.11. The molecule has 0 aliphatic heterocycles. The number of carboxylic acids is 1. The number of carbonyl (C=O) groups is 2. The molecular weight excluding hydrogens is 248 g/mol. The zero-order valence-corrected chi connectivity index (χ0v) is 10.9. The molecule has 1 aromatic rings. The molecule has 1 heterocycles. The van der Waals surface area contributed by atoms with Gasteiger partial charge in [0.25, 0.3) is 0 Å². The lowest BCUT2D eigenvalue weighted by molar-refractivity contribution is 0.0696. The van der Waals surface area contributed by atoms with Gasteiger partial charge in [-0.1, -0.05) is 13.8 Å². The van der Waals surface area contributed by atoms with Gasteiger partial charge in [0.2, 0.25) is 0 Å². The standard InChI is InChI=1S/C12H18N4O3/c1-7(2)9-5-8(11(17)18)6-10(16-9)14-3-4-15-12(13)19/h5-7H,3-4H2,1-2H3,(H,14,16)(H,17,18)(H3,13,15,19). The van der Waals surface area contributed by atoms with Crippen molar-refractivity contribution in [3.05, 3.63) is 23.4 Å². The van der Waals surface area contributed by atoms with Gasteiger partial charge in [0.1, 0.15) is 5.82 Å². The van der Waals surface area contributed by atoms with Crippen LogP contribution < -0.4 is 16.4 Å². The Labute approximate surface area is 111 Å². The normalized spacial score (nSPS) is 10.3. The molecule has 0 bridgehead atoms. The van der Waals surface area contributed by atoms with Crippen LogP contribution in [0, 0.1) is 0 Å². The minimum absolute atomic E-state index is 0.128. The number of nitrogens with zero attached hydrogens (tertiary/aromatic N) is 1. The van der Waals surface area contributed by atoms with Gasteiger partial charge in [-0.2, -0.15) is 0 Å². The number of anilines is 1. The van der Waals surface area contributed by atoms with Crippen LogP contribution in [0.15, 0.2) is 12.1 Å². The highest BCUT2D eigenvalue weighted by Gasteiger charge is 2.10. The Morgan fingerprint density at radius 2 is 2.05 bits per heavy atom. The van der Waals surface area contributed by atoms with Crippen molar-refractivity contribution in [1.29, 1.82) is 0 Å². The summed E-state index contributed by atoms with van der Waals surface area (Å²) >= 11 is 0. The first-order valence-electron chi connectivity index (χ1n) is 5.92. The molecule has 0 saturated heterocycles. The first-order valence-corrected chi connectivity index (χ1v) is 5.92. The molecule has 0 saturated carbocycles. The predicted molar refractivity (Wildman–Crippen MR) is 71.4 cm³/mol. The summed E-state index contributed by atoms with van der Waals surface area (Å²) in [5.74, 6) is -0.402. The van der Waals surface area contributed by atoms with Crippen LogP contribution in [-0.4, -0.2) is 35.2 Å². The second kappa shape index (κ2) is 6.58. The van der Waals surface area contributed by atoms with Crippen molar-refractivity contribution in [3.8, 4) is 0 Å². The van der Waals surface area contributed by atoms with Crippen LogP contribution in [0.2, 0.25) is 0 Å². The average molecular weight is 266 g/mol. The van der Waals surface area contributed by atoms with Gasteiger partial charge in [-0.25, -0.2) is 14.6 Å². The lowest BCUT2D eigenvalue weighted by Crippen LogP contribution is -2.33. The van der Waals surface area contributed by atoms with Crippen molar-refractivity contribution < 1.29 is 14.7 Å². The fraction of sp³-hybridized carbons (Fsp3) is 0.417. The summed E-state index contributed by atoms with van der Waals surface area (Å²) in [6.07, 6.45) is 0. The third-order valence-corrected chi connectivity index (χ3v) is 2.41. The summed E-state index contributed by atoms with van der Waals surface area (Å²) in [6, 6.07) is 2.41. The van der Waals surface area contributed by atoms with E-state index in [9.17, 15) is 9.59 Å². The third kappa shape index (κ3) is 4.82. The number of primary amides is 1. The van der Waals surface area contributed by atoms with E-state index in [2.05, 4.69) is 15.6 Å². The van der Waals surface area contributed by atoms with Crippen LogP contribution in [0.5, 0.6) is 0 Å². The Kier molecular flexibility index (Phi) is 5.11. The molecule has 0 aromatic carbocycles. The van der Waals surface area contributed by atoms with Crippen LogP contribution >= 0.6 is 0 Å². The Morgan fingerprint density at radius 3 is 2.58 bits per heavy atom. The Balaban J connectivity index is 2.76. The fourth-order valence-electron chi connectivity index (χ4n) is 1.44. The number of hydrogen-bond donors (Lipinski definition) is 4. The van der Waals surface area contributed by atoms with Gasteiger partial charge < -0.3 is 21.5 Å². The molecule has 7 nitrogen and oxygen atoms in total. The molecule has 7 heteroatoms. The number of rotatable bonds is 6. The third-order valence-electron chi connectivity index (χ3n) is 2.41. The highest BCUT2D eigenvalue weighted by Crippen LogP contribution is 2.17. The SMILES string of the molecule is CC(C)c1cc(C(=O)O)cc(NCCNC(N)=O)n1. The molecule has 0 radical (unpaired) electrons. The number of aromatic carboxylic acids is 1. The van der Waals surface area contributed by atoms with Gasteiger partial charge in [0.15, 0.2) is 0 Å². The topological polar surface area (TPSA) is 117 Å². The largest absolute Gasteiger partial charge is 0.478 e. The van der Waals surface area contributed by atoms with E-state index in [0.29, 0.717) is 24.6 Å². The number of nitrogens with two attached hydrogens (primary N) is 1. The van der Waals surface area contributed by atoms with Crippen molar-refractivity contribution in [2.45, 2.75) is 19.8 Å². The van der Waals surface area contributed by atoms with E-state index < -0.39 is 12.0 Å². The van der Waals surface area contributed by atoms with E-state index in [-0.39, 0.29) is 11.5 Å². The Hall–Kier alpha value is -2.31. The predicted octanol–water partition coefficient (Wildman–Crippen LogP) is 0.983. The molecule has 5 N–H and O–H groups in total. The number of aromatic nitrogens is 1. The Bertz CT molecular complexity index is 474. The summed E-state index contributed by atoms with van der Waals surface area (Å²) in [4.78, 5) is 25.8. The molecule has 2 amide bonds. The zero-order valence-electron chi connectivity index (χ0n) is 10.9. The monoisotopic (exact) mass is 266 g/mol.